The van der Waals surface area contributed by atoms with E-state index in [-0.39, 0.29) is 36.6 Å². The van der Waals surface area contributed by atoms with Crippen molar-refractivity contribution in [2.24, 2.45) is 0 Å². The molecule has 1 aromatic carbocycles. The monoisotopic (exact) mass is 485 g/mol. The van der Waals surface area contributed by atoms with Crippen molar-refractivity contribution in [1.29, 1.82) is 0 Å². The molecular weight excluding hydrogens is 458 g/mol. The number of nitrogens with zero attached hydrogens (tertiary/aromatic N) is 1. The highest BCUT2D eigenvalue weighted by Gasteiger charge is 2.34. The van der Waals surface area contributed by atoms with Gasteiger partial charge in [0.25, 0.3) is 0 Å². The molecule has 0 saturated heterocycles. The summed E-state index contributed by atoms with van der Waals surface area (Å²) in [6, 6.07) is 5.34. The van der Waals surface area contributed by atoms with Gasteiger partial charge in [0.15, 0.2) is 0 Å². The van der Waals surface area contributed by atoms with Crippen LogP contribution in [-0.4, -0.2) is 35.8 Å². The Bertz CT molecular complexity index is 1020. The van der Waals surface area contributed by atoms with E-state index in [1.54, 1.807) is 27.7 Å². The summed E-state index contributed by atoms with van der Waals surface area (Å²) in [6.07, 6.45) is -4.68. The first-order chi connectivity index (χ1) is 15.8. The van der Waals surface area contributed by atoms with Gasteiger partial charge >= 0.3 is 18.2 Å². The van der Waals surface area contributed by atoms with Crippen LogP contribution in [0.2, 0.25) is 0 Å². The average Bonchev–Trinajstić information content (AvgIpc) is 2.71. The molecule has 0 spiro atoms. The average molecular weight is 485 g/mol. The second kappa shape index (κ2) is 11.2. The maximum atomic E-state index is 13.9. The normalized spacial score (nSPS) is 11.6. The minimum Gasteiger partial charge on any atom is -0.462 e. The van der Waals surface area contributed by atoms with Gasteiger partial charge in [0.05, 0.1) is 6.61 Å². The Morgan fingerprint density at radius 3 is 2.41 bits per heavy atom. The summed E-state index contributed by atoms with van der Waals surface area (Å²) in [4.78, 5) is 27.5. The number of benzene rings is 1. The number of carbonyl (C=O) groups excluding carboxylic acids is 2. The number of anilines is 2. The molecular formula is C23H27F4N3O4. The van der Waals surface area contributed by atoms with Crippen LogP contribution in [0, 0.1) is 5.82 Å². The number of aryl methyl sites for hydroxylation is 1. The Balaban J connectivity index is 2.23. The molecule has 34 heavy (non-hydrogen) atoms. The minimum absolute atomic E-state index is 0.0196. The van der Waals surface area contributed by atoms with E-state index in [1.807, 2.05) is 0 Å². The van der Waals surface area contributed by atoms with Crippen LogP contribution in [0.25, 0.3) is 0 Å². The van der Waals surface area contributed by atoms with Crippen LogP contribution in [0.1, 0.15) is 55.7 Å². The number of hydrogen-bond donors (Lipinski definition) is 2. The van der Waals surface area contributed by atoms with E-state index in [0.29, 0.717) is 18.1 Å². The number of nitrogens with one attached hydrogen (secondary N) is 2. The summed E-state index contributed by atoms with van der Waals surface area (Å²) in [7, 11) is 0. The number of carbonyl (C=O) groups is 2. The summed E-state index contributed by atoms with van der Waals surface area (Å²) in [5.74, 6) is -1.77. The summed E-state index contributed by atoms with van der Waals surface area (Å²) >= 11 is 0. The van der Waals surface area contributed by atoms with Crippen LogP contribution in [0.5, 0.6) is 0 Å². The second-order valence-corrected chi connectivity index (χ2v) is 8.27. The molecule has 0 bridgehead atoms. The summed E-state index contributed by atoms with van der Waals surface area (Å²) in [6.45, 7) is 6.98. The Hall–Kier alpha value is -3.37. The number of aromatic nitrogens is 1. The highest BCUT2D eigenvalue weighted by molar-refractivity contribution is 5.95. The number of alkyl carbamates (subject to hydrolysis) is 1. The standard InChI is InChI=1S/C23H27F4N3O4/c1-5-33-20(31)16-9-11-18(23(25,26)27)30-19(16)29-17-10-8-15(24)13-14(17)7-6-12-28-21(32)34-22(2,3)4/h8-11,13H,5-7,12H2,1-4H3,(H,28,32)(H,29,30). The molecule has 0 aliphatic rings. The van der Waals surface area contributed by atoms with Gasteiger partial charge in [0, 0.05) is 12.2 Å². The molecule has 0 radical (unpaired) electrons. The number of hydrogen-bond acceptors (Lipinski definition) is 6. The van der Waals surface area contributed by atoms with Crippen molar-refractivity contribution >= 4 is 23.6 Å². The lowest BCUT2D eigenvalue weighted by Crippen LogP contribution is -2.33. The molecule has 0 saturated carbocycles. The van der Waals surface area contributed by atoms with E-state index in [9.17, 15) is 27.2 Å². The number of alkyl halides is 3. The van der Waals surface area contributed by atoms with Gasteiger partial charge in [-0.05, 0) is 76.4 Å². The van der Waals surface area contributed by atoms with Crippen molar-refractivity contribution in [3.05, 3.63) is 53.0 Å². The molecule has 2 rings (SSSR count). The third-order valence-corrected chi connectivity index (χ3v) is 4.29. The SMILES string of the molecule is CCOC(=O)c1ccc(C(F)(F)F)nc1Nc1ccc(F)cc1CCCNC(=O)OC(C)(C)C. The predicted octanol–water partition coefficient (Wildman–Crippen LogP) is 5.62. The zero-order chi connectivity index (χ0) is 25.5. The molecule has 2 N–H and O–H groups in total. The first-order valence-corrected chi connectivity index (χ1v) is 10.6. The highest BCUT2D eigenvalue weighted by atomic mass is 19.4. The van der Waals surface area contributed by atoms with E-state index in [0.717, 1.165) is 12.1 Å². The van der Waals surface area contributed by atoms with E-state index in [1.165, 1.54) is 12.1 Å². The van der Waals surface area contributed by atoms with Gasteiger partial charge < -0.3 is 20.1 Å². The lowest BCUT2D eigenvalue weighted by molar-refractivity contribution is -0.141. The molecule has 11 heteroatoms. The summed E-state index contributed by atoms with van der Waals surface area (Å²) in [5, 5.41) is 5.29. The van der Waals surface area contributed by atoms with Crippen molar-refractivity contribution in [3.63, 3.8) is 0 Å². The third kappa shape index (κ3) is 8.20. The van der Waals surface area contributed by atoms with Crippen LogP contribution in [0.15, 0.2) is 30.3 Å². The van der Waals surface area contributed by atoms with Crippen LogP contribution < -0.4 is 10.6 Å². The van der Waals surface area contributed by atoms with E-state index >= 15 is 0 Å². The molecule has 7 nitrogen and oxygen atoms in total. The summed E-state index contributed by atoms with van der Waals surface area (Å²) < 4.78 is 63.5. The van der Waals surface area contributed by atoms with E-state index in [4.69, 9.17) is 9.47 Å². The molecule has 0 aliphatic carbocycles. The molecule has 1 amide bonds. The number of esters is 1. The lowest BCUT2D eigenvalue weighted by atomic mass is 10.1. The summed E-state index contributed by atoms with van der Waals surface area (Å²) in [5.41, 5.74) is -1.38. The number of amides is 1. The largest absolute Gasteiger partial charge is 0.462 e. The third-order valence-electron chi connectivity index (χ3n) is 4.29. The molecule has 0 atom stereocenters. The van der Waals surface area contributed by atoms with Crippen molar-refractivity contribution in [3.8, 4) is 0 Å². The Kier molecular flexibility index (Phi) is 8.83. The van der Waals surface area contributed by atoms with Crippen LogP contribution in [0.3, 0.4) is 0 Å². The lowest BCUT2D eigenvalue weighted by Gasteiger charge is -2.19. The minimum atomic E-state index is -4.73. The smallest absolute Gasteiger partial charge is 0.433 e. The molecule has 0 fully saturated rings. The molecule has 0 aliphatic heterocycles. The van der Waals surface area contributed by atoms with Gasteiger partial charge in [-0.1, -0.05) is 0 Å². The zero-order valence-corrected chi connectivity index (χ0v) is 19.3. The van der Waals surface area contributed by atoms with Gasteiger partial charge in [0.1, 0.15) is 28.5 Å². The Morgan fingerprint density at radius 1 is 1.09 bits per heavy atom. The zero-order valence-electron chi connectivity index (χ0n) is 19.3. The highest BCUT2D eigenvalue weighted by Crippen LogP contribution is 2.31. The van der Waals surface area contributed by atoms with Gasteiger partial charge in [-0.25, -0.2) is 19.0 Å². The van der Waals surface area contributed by atoms with E-state index < -0.39 is 35.4 Å². The molecule has 186 valence electrons. The van der Waals surface area contributed by atoms with Crippen LogP contribution >= 0.6 is 0 Å². The number of ether oxygens (including phenoxy) is 2. The second-order valence-electron chi connectivity index (χ2n) is 8.27. The van der Waals surface area contributed by atoms with E-state index in [2.05, 4.69) is 15.6 Å². The first kappa shape index (κ1) is 26.9. The first-order valence-electron chi connectivity index (χ1n) is 10.6. The van der Waals surface area contributed by atoms with Crippen molar-refractivity contribution in [1.82, 2.24) is 10.3 Å². The fourth-order valence-corrected chi connectivity index (χ4v) is 2.89. The molecule has 2 aromatic rings. The van der Waals surface area contributed by atoms with Crippen LogP contribution in [0.4, 0.5) is 33.9 Å². The number of rotatable bonds is 8. The fraction of sp³-hybridized carbons (Fsp3) is 0.435. The van der Waals surface area contributed by atoms with Gasteiger partial charge in [-0.15, -0.1) is 0 Å². The van der Waals surface area contributed by atoms with Gasteiger partial charge in [-0.2, -0.15) is 13.2 Å². The number of pyridine rings is 1. The van der Waals surface area contributed by atoms with Gasteiger partial charge in [0.2, 0.25) is 0 Å². The van der Waals surface area contributed by atoms with Crippen molar-refractivity contribution < 1.29 is 36.6 Å². The fourth-order valence-electron chi connectivity index (χ4n) is 2.89. The maximum Gasteiger partial charge on any atom is 0.433 e. The topological polar surface area (TPSA) is 89.5 Å². The Morgan fingerprint density at radius 2 is 1.79 bits per heavy atom. The van der Waals surface area contributed by atoms with Crippen molar-refractivity contribution in [2.75, 3.05) is 18.5 Å². The Labute approximate surface area is 194 Å². The van der Waals surface area contributed by atoms with Gasteiger partial charge in [-0.3, -0.25) is 0 Å². The van der Waals surface area contributed by atoms with Crippen LogP contribution in [-0.2, 0) is 22.1 Å². The number of halogens is 4. The van der Waals surface area contributed by atoms with Crippen molar-refractivity contribution in [2.45, 2.75) is 52.3 Å². The quantitative estimate of drug-likeness (QED) is 0.287. The molecule has 0 unspecified atom stereocenters. The predicted molar refractivity (Wildman–Crippen MR) is 117 cm³/mol. The molecule has 1 heterocycles. The maximum absolute atomic E-state index is 13.9. The molecule has 1 aromatic heterocycles.